The molecule has 0 radical (unpaired) electrons. The van der Waals surface area contributed by atoms with E-state index < -0.39 is 11.4 Å². The van der Waals surface area contributed by atoms with Crippen LogP contribution in [-0.4, -0.2) is 11.6 Å². The molecule has 1 rings (SSSR count). The average molecular weight is 157 g/mol. The van der Waals surface area contributed by atoms with Crippen LogP contribution in [0.25, 0.3) is 0 Å². The molecule has 1 aromatic rings. The van der Waals surface area contributed by atoms with Crippen molar-refractivity contribution in [1.29, 1.82) is 0 Å². The third kappa shape index (κ3) is 1.58. The SMILES string of the molecule is CCOc1c(F)[nH]ccc1=O. The van der Waals surface area contributed by atoms with Crippen LogP contribution in [0.15, 0.2) is 17.1 Å². The first kappa shape index (κ1) is 7.78. The van der Waals surface area contributed by atoms with E-state index in [2.05, 4.69) is 4.98 Å². The highest BCUT2D eigenvalue weighted by Gasteiger charge is 2.05. The van der Waals surface area contributed by atoms with Gasteiger partial charge in [0.2, 0.25) is 17.1 Å². The van der Waals surface area contributed by atoms with E-state index >= 15 is 0 Å². The van der Waals surface area contributed by atoms with Crippen LogP contribution >= 0.6 is 0 Å². The molecule has 0 aromatic carbocycles. The van der Waals surface area contributed by atoms with Crippen LogP contribution in [0.3, 0.4) is 0 Å². The summed E-state index contributed by atoms with van der Waals surface area (Å²) in [6.07, 6.45) is 1.24. The Morgan fingerprint density at radius 1 is 1.73 bits per heavy atom. The number of rotatable bonds is 2. The number of nitrogens with one attached hydrogen (secondary N) is 1. The topological polar surface area (TPSA) is 42.1 Å². The summed E-state index contributed by atoms with van der Waals surface area (Å²) in [6.45, 7) is 1.97. The molecule has 0 spiro atoms. The first-order valence-electron chi connectivity index (χ1n) is 3.25. The van der Waals surface area contributed by atoms with Crippen molar-refractivity contribution >= 4 is 0 Å². The van der Waals surface area contributed by atoms with Gasteiger partial charge >= 0.3 is 0 Å². The fraction of sp³-hybridized carbons (Fsp3) is 0.286. The highest BCUT2D eigenvalue weighted by Crippen LogP contribution is 2.05. The summed E-state index contributed by atoms with van der Waals surface area (Å²) in [5, 5.41) is 0. The van der Waals surface area contributed by atoms with Gasteiger partial charge in [-0.05, 0) is 6.92 Å². The van der Waals surface area contributed by atoms with Gasteiger partial charge in [-0.15, -0.1) is 0 Å². The Kier molecular flexibility index (Phi) is 2.25. The fourth-order valence-electron chi connectivity index (χ4n) is 0.719. The zero-order valence-electron chi connectivity index (χ0n) is 6.06. The molecule has 3 nitrogen and oxygen atoms in total. The van der Waals surface area contributed by atoms with Crippen LogP contribution in [0.5, 0.6) is 5.75 Å². The van der Waals surface area contributed by atoms with Crippen molar-refractivity contribution in [2.24, 2.45) is 0 Å². The van der Waals surface area contributed by atoms with Gasteiger partial charge in [0.1, 0.15) is 0 Å². The van der Waals surface area contributed by atoms with E-state index in [0.29, 0.717) is 0 Å². The molecular weight excluding hydrogens is 149 g/mol. The highest BCUT2D eigenvalue weighted by molar-refractivity contribution is 5.18. The molecule has 0 fully saturated rings. The zero-order chi connectivity index (χ0) is 8.27. The normalized spacial score (nSPS) is 9.64. The number of H-pyrrole nitrogens is 1. The van der Waals surface area contributed by atoms with E-state index in [1.165, 1.54) is 12.3 Å². The number of pyridine rings is 1. The molecule has 11 heavy (non-hydrogen) atoms. The molecule has 0 aliphatic heterocycles. The van der Waals surface area contributed by atoms with Gasteiger partial charge in [-0.2, -0.15) is 4.39 Å². The van der Waals surface area contributed by atoms with E-state index in [0.717, 1.165) is 0 Å². The van der Waals surface area contributed by atoms with Crippen molar-refractivity contribution in [3.05, 3.63) is 28.4 Å². The van der Waals surface area contributed by atoms with Crippen LogP contribution in [0, 0.1) is 5.95 Å². The van der Waals surface area contributed by atoms with E-state index in [9.17, 15) is 9.18 Å². The quantitative estimate of drug-likeness (QED) is 0.648. The average Bonchev–Trinajstić information content (AvgIpc) is 1.97. The molecule has 0 bridgehead atoms. The predicted octanol–water partition coefficient (Wildman–Crippen LogP) is 0.913. The van der Waals surface area contributed by atoms with Gasteiger partial charge in [-0.3, -0.25) is 4.79 Å². The Bertz CT molecular complexity index is 295. The number of ether oxygens (including phenoxy) is 1. The van der Waals surface area contributed by atoms with Crippen molar-refractivity contribution < 1.29 is 9.13 Å². The summed E-state index contributed by atoms with van der Waals surface area (Å²) in [4.78, 5) is 13.1. The van der Waals surface area contributed by atoms with Crippen molar-refractivity contribution in [3.63, 3.8) is 0 Å². The molecule has 1 heterocycles. The van der Waals surface area contributed by atoms with Crippen molar-refractivity contribution in [3.8, 4) is 5.75 Å². The summed E-state index contributed by atoms with van der Waals surface area (Å²) in [7, 11) is 0. The van der Waals surface area contributed by atoms with Crippen molar-refractivity contribution in [2.45, 2.75) is 6.92 Å². The largest absolute Gasteiger partial charge is 0.486 e. The van der Waals surface area contributed by atoms with Gasteiger partial charge < -0.3 is 9.72 Å². The maximum absolute atomic E-state index is 12.7. The number of aromatic nitrogens is 1. The third-order valence-electron chi connectivity index (χ3n) is 1.16. The molecular formula is C7H8FNO2. The number of hydrogen-bond acceptors (Lipinski definition) is 2. The molecule has 0 atom stereocenters. The predicted molar refractivity (Wildman–Crippen MR) is 38.2 cm³/mol. The molecule has 4 heteroatoms. The standard InChI is InChI=1S/C7H8FNO2/c1-2-11-6-5(10)3-4-9-7(6)8/h3-4H,2H2,1H3,(H,9,10). The summed E-state index contributed by atoms with van der Waals surface area (Å²) in [5.74, 6) is -0.964. The van der Waals surface area contributed by atoms with Gasteiger partial charge in [0.25, 0.3) is 0 Å². The first-order valence-corrected chi connectivity index (χ1v) is 3.25. The van der Waals surface area contributed by atoms with Crippen LogP contribution in [0.1, 0.15) is 6.92 Å². The maximum atomic E-state index is 12.7. The fourth-order valence-corrected chi connectivity index (χ4v) is 0.719. The lowest BCUT2D eigenvalue weighted by Gasteiger charge is -2.00. The number of aromatic amines is 1. The summed E-state index contributed by atoms with van der Waals surface area (Å²) < 4.78 is 17.4. The van der Waals surface area contributed by atoms with E-state index in [4.69, 9.17) is 4.74 Å². The third-order valence-corrected chi connectivity index (χ3v) is 1.16. The summed E-state index contributed by atoms with van der Waals surface area (Å²) in [5.41, 5.74) is -0.442. The lowest BCUT2D eigenvalue weighted by molar-refractivity contribution is 0.313. The Morgan fingerprint density at radius 2 is 2.45 bits per heavy atom. The molecule has 0 amide bonds. The maximum Gasteiger partial charge on any atom is 0.237 e. The molecule has 0 aliphatic carbocycles. The van der Waals surface area contributed by atoms with Crippen LogP contribution < -0.4 is 10.2 Å². The Morgan fingerprint density at radius 3 is 3.00 bits per heavy atom. The van der Waals surface area contributed by atoms with Crippen molar-refractivity contribution in [2.75, 3.05) is 6.61 Å². The van der Waals surface area contributed by atoms with Gasteiger partial charge in [-0.1, -0.05) is 0 Å². The van der Waals surface area contributed by atoms with Crippen molar-refractivity contribution in [1.82, 2.24) is 4.98 Å². The Balaban J connectivity index is 3.10. The van der Waals surface area contributed by atoms with Crippen LogP contribution in [-0.2, 0) is 0 Å². The Labute approximate surface area is 62.8 Å². The van der Waals surface area contributed by atoms with E-state index in [-0.39, 0.29) is 12.4 Å². The van der Waals surface area contributed by atoms with E-state index in [1.54, 1.807) is 6.92 Å². The number of halogens is 1. The smallest absolute Gasteiger partial charge is 0.237 e. The molecule has 60 valence electrons. The minimum Gasteiger partial charge on any atom is -0.486 e. The second-order valence-corrected chi connectivity index (χ2v) is 1.92. The Hall–Kier alpha value is -1.32. The van der Waals surface area contributed by atoms with E-state index in [1.807, 2.05) is 0 Å². The van der Waals surface area contributed by atoms with Gasteiger partial charge in [-0.25, -0.2) is 0 Å². The minimum absolute atomic E-state index is 0.241. The van der Waals surface area contributed by atoms with Crippen LogP contribution in [0.4, 0.5) is 4.39 Å². The lowest BCUT2D eigenvalue weighted by Crippen LogP contribution is -2.09. The summed E-state index contributed by atoms with van der Waals surface area (Å²) >= 11 is 0. The minimum atomic E-state index is -0.723. The van der Waals surface area contributed by atoms with Gasteiger partial charge in [0.15, 0.2) is 0 Å². The summed E-state index contributed by atoms with van der Waals surface area (Å²) in [6, 6.07) is 1.22. The molecule has 0 aliphatic rings. The molecule has 0 saturated carbocycles. The number of hydrogen-bond donors (Lipinski definition) is 1. The lowest BCUT2D eigenvalue weighted by atomic mass is 10.4. The molecule has 1 aromatic heterocycles. The van der Waals surface area contributed by atoms with Crippen LogP contribution in [0.2, 0.25) is 0 Å². The van der Waals surface area contributed by atoms with Gasteiger partial charge in [0.05, 0.1) is 6.61 Å². The highest BCUT2D eigenvalue weighted by atomic mass is 19.1. The monoisotopic (exact) mass is 157 g/mol. The molecule has 0 saturated heterocycles. The zero-order valence-corrected chi connectivity index (χ0v) is 6.06. The van der Waals surface area contributed by atoms with Gasteiger partial charge in [0, 0.05) is 12.3 Å². The second-order valence-electron chi connectivity index (χ2n) is 1.92. The molecule has 1 N–H and O–H groups in total. The molecule has 0 unspecified atom stereocenters. The first-order chi connectivity index (χ1) is 5.25. The second kappa shape index (κ2) is 3.18.